The minimum Gasteiger partial charge on any atom is -0.488 e. The van der Waals surface area contributed by atoms with Crippen molar-refractivity contribution >= 4 is 23.2 Å². The van der Waals surface area contributed by atoms with Crippen molar-refractivity contribution in [1.29, 1.82) is 0 Å². The lowest BCUT2D eigenvalue weighted by atomic mass is 10.1. The second kappa shape index (κ2) is 6.29. The molecule has 0 spiro atoms. The largest absolute Gasteiger partial charge is 0.488 e. The predicted molar refractivity (Wildman–Crippen MR) is 77.9 cm³/mol. The molecule has 0 amide bonds. The van der Waals surface area contributed by atoms with Gasteiger partial charge in [0.05, 0.1) is 6.61 Å². The summed E-state index contributed by atoms with van der Waals surface area (Å²) in [4.78, 5) is 0. The molecule has 2 nitrogen and oxygen atoms in total. The van der Waals surface area contributed by atoms with Gasteiger partial charge >= 0.3 is 0 Å². The molecule has 2 aromatic rings. The number of hydrogen-bond acceptors (Lipinski definition) is 2. The van der Waals surface area contributed by atoms with E-state index in [9.17, 15) is 5.11 Å². The zero-order chi connectivity index (χ0) is 13.8. The van der Waals surface area contributed by atoms with E-state index in [1.807, 2.05) is 25.1 Å². The van der Waals surface area contributed by atoms with Crippen molar-refractivity contribution in [3.63, 3.8) is 0 Å². The Hall–Kier alpha value is -1.22. The highest BCUT2D eigenvalue weighted by molar-refractivity contribution is 6.35. The van der Waals surface area contributed by atoms with Gasteiger partial charge in [-0.2, -0.15) is 0 Å². The van der Waals surface area contributed by atoms with Crippen molar-refractivity contribution < 1.29 is 9.84 Å². The number of aryl methyl sites for hydroxylation is 1. The van der Waals surface area contributed by atoms with Gasteiger partial charge in [0.2, 0.25) is 0 Å². The van der Waals surface area contributed by atoms with Gasteiger partial charge < -0.3 is 9.84 Å². The van der Waals surface area contributed by atoms with E-state index in [1.54, 1.807) is 18.2 Å². The Morgan fingerprint density at radius 1 is 1.11 bits per heavy atom. The fourth-order valence-corrected chi connectivity index (χ4v) is 2.30. The van der Waals surface area contributed by atoms with Crippen LogP contribution in [0.15, 0.2) is 36.4 Å². The van der Waals surface area contributed by atoms with E-state index in [0.29, 0.717) is 15.8 Å². The molecule has 0 aliphatic rings. The lowest BCUT2D eigenvalue weighted by Gasteiger charge is -2.12. The van der Waals surface area contributed by atoms with Gasteiger partial charge in [-0.1, -0.05) is 47.0 Å². The third-order valence-corrected chi connectivity index (χ3v) is 3.53. The first-order chi connectivity index (χ1) is 9.11. The third kappa shape index (κ3) is 3.41. The van der Waals surface area contributed by atoms with Gasteiger partial charge in [-0.15, -0.1) is 0 Å². The Labute approximate surface area is 122 Å². The maximum absolute atomic E-state index is 9.32. The zero-order valence-corrected chi connectivity index (χ0v) is 12.0. The van der Waals surface area contributed by atoms with Crippen LogP contribution in [0.3, 0.4) is 0 Å². The van der Waals surface area contributed by atoms with Crippen molar-refractivity contribution in [2.24, 2.45) is 0 Å². The molecule has 2 rings (SSSR count). The fraction of sp³-hybridized carbons (Fsp3) is 0.200. The molecule has 0 radical (unpaired) electrons. The SMILES string of the molecule is Cc1ccc(OCc2c(Cl)cccc2Cl)c(CO)c1. The summed E-state index contributed by atoms with van der Waals surface area (Å²) in [6.45, 7) is 2.18. The topological polar surface area (TPSA) is 29.5 Å². The molecule has 2 aromatic carbocycles. The minimum atomic E-state index is -0.0622. The van der Waals surface area contributed by atoms with Crippen LogP contribution < -0.4 is 4.74 Å². The molecule has 0 saturated heterocycles. The van der Waals surface area contributed by atoms with Crippen LogP contribution in [0.4, 0.5) is 0 Å². The molecule has 0 fully saturated rings. The average Bonchev–Trinajstić information content (AvgIpc) is 2.39. The van der Waals surface area contributed by atoms with Crippen LogP contribution in [0.5, 0.6) is 5.75 Å². The highest BCUT2D eigenvalue weighted by Crippen LogP contribution is 2.27. The summed E-state index contributed by atoms with van der Waals surface area (Å²) >= 11 is 12.2. The Balaban J connectivity index is 2.19. The number of rotatable bonds is 4. The van der Waals surface area contributed by atoms with Gasteiger partial charge in [0.15, 0.2) is 0 Å². The number of aliphatic hydroxyl groups excluding tert-OH is 1. The van der Waals surface area contributed by atoms with Crippen LogP contribution in [0.1, 0.15) is 16.7 Å². The van der Waals surface area contributed by atoms with Gasteiger partial charge in [-0.25, -0.2) is 0 Å². The molecule has 0 saturated carbocycles. The number of ether oxygens (including phenoxy) is 1. The van der Waals surface area contributed by atoms with Crippen LogP contribution in [0.25, 0.3) is 0 Å². The number of halogens is 2. The highest BCUT2D eigenvalue weighted by Gasteiger charge is 2.08. The molecule has 1 N–H and O–H groups in total. The molecule has 19 heavy (non-hydrogen) atoms. The van der Waals surface area contributed by atoms with Gasteiger partial charge in [0.25, 0.3) is 0 Å². The maximum atomic E-state index is 9.32. The van der Waals surface area contributed by atoms with Gasteiger partial charge in [0.1, 0.15) is 12.4 Å². The lowest BCUT2D eigenvalue weighted by molar-refractivity contribution is 0.259. The van der Waals surface area contributed by atoms with E-state index in [-0.39, 0.29) is 13.2 Å². The summed E-state index contributed by atoms with van der Waals surface area (Å²) in [5.41, 5.74) is 2.57. The second-order valence-corrected chi connectivity index (χ2v) is 5.07. The van der Waals surface area contributed by atoms with Crippen LogP contribution in [0, 0.1) is 6.92 Å². The third-order valence-electron chi connectivity index (χ3n) is 2.82. The molecule has 0 aliphatic carbocycles. The Kier molecular flexibility index (Phi) is 4.70. The Morgan fingerprint density at radius 3 is 2.42 bits per heavy atom. The molecule has 0 bridgehead atoms. The molecule has 0 aliphatic heterocycles. The summed E-state index contributed by atoms with van der Waals surface area (Å²) in [6, 6.07) is 11.0. The van der Waals surface area contributed by atoms with Gasteiger partial charge in [-0.3, -0.25) is 0 Å². The molecule has 4 heteroatoms. The second-order valence-electron chi connectivity index (χ2n) is 4.26. The summed E-state index contributed by atoms with van der Waals surface area (Å²) in [6.07, 6.45) is 0. The summed E-state index contributed by atoms with van der Waals surface area (Å²) < 4.78 is 5.70. The molecular weight excluding hydrogens is 283 g/mol. The summed E-state index contributed by atoms with van der Waals surface area (Å²) in [5, 5.41) is 10.5. The van der Waals surface area contributed by atoms with Crippen LogP contribution in [-0.4, -0.2) is 5.11 Å². The van der Waals surface area contributed by atoms with Gasteiger partial charge in [0, 0.05) is 21.2 Å². The monoisotopic (exact) mass is 296 g/mol. The molecular formula is C15H14Cl2O2. The van der Waals surface area contributed by atoms with Gasteiger partial charge in [-0.05, 0) is 25.1 Å². The van der Waals surface area contributed by atoms with Crippen molar-refractivity contribution in [2.75, 3.05) is 0 Å². The Bertz CT molecular complexity index is 562. The smallest absolute Gasteiger partial charge is 0.125 e. The average molecular weight is 297 g/mol. The normalized spacial score (nSPS) is 10.5. The first kappa shape index (κ1) is 14.2. The maximum Gasteiger partial charge on any atom is 0.125 e. The van der Waals surface area contributed by atoms with Crippen molar-refractivity contribution in [3.8, 4) is 5.75 Å². The van der Waals surface area contributed by atoms with Crippen LogP contribution in [-0.2, 0) is 13.2 Å². The van der Waals surface area contributed by atoms with Crippen LogP contribution >= 0.6 is 23.2 Å². The highest BCUT2D eigenvalue weighted by atomic mass is 35.5. The first-order valence-corrected chi connectivity index (χ1v) is 6.63. The number of aliphatic hydroxyl groups is 1. The van der Waals surface area contributed by atoms with E-state index in [2.05, 4.69) is 0 Å². The Morgan fingerprint density at radius 2 is 1.79 bits per heavy atom. The lowest BCUT2D eigenvalue weighted by Crippen LogP contribution is -2.00. The molecule has 0 aromatic heterocycles. The number of hydrogen-bond donors (Lipinski definition) is 1. The number of benzene rings is 2. The molecule has 100 valence electrons. The summed E-state index contributed by atoms with van der Waals surface area (Å²) in [5.74, 6) is 0.643. The molecule has 0 heterocycles. The van der Waals surface area contributed by atoms with Crippen molar-refractivity contribution in [3.05, 3.63) is 63.1 Å². The van der Waals surface area contributed by atoms with E-state index in [4.69, 9.17) is 27.9 Å². The van der Waals surface area contributed by atoms with Crippen LogP contribution in [0.2, 0.25) is 10.0 Å². The van der Waals surface area contributed by atoms with Crippen molar-refractivity contribution in [1.82, 2.24) is 0 Å². The molecule has 0 unspecified atom stereocenters. The first-order valence-electron chi connectivity index (χ1n) is 5.88. The van der Waals surface area contributed by atoms with E-state index >= 15 is 0 Å². The fourth-order valence-electron chi connectivity index (χ4n) is 1.79. The van der Waals surface area contributed by atoms with E-state index < -0.39 is 0 Å². The summed E-state index contributed by atoms with van der Waals surface area (Å²) in [7, 11) is 0. The van der Waals surface area contributed by atoms with E-state index in [0.717, 1.165) is 16.7 Å². The van der Waals surface area contributed by atoms with E-state index in [1.165, 1.54) is 0 Å². The predicted octanol–water partition coefficient (Wildman–Crippen LogP) is 4.37. The quantitative estimate of drug-likeness (QED) is 0.908. The minimum absolute atomic E-state index is 0.0622. The van der Waals surface area contributed by atoms with Crippen molar-refractivity contribution in [2.45, 2.75) is 20.1 Å². The standard InChI is InChI=1S/C15H14Cl2O2/c1-10-5-6-15(11(7-10)8-18)19-9-12-13(16)3-2-4-14(12)17/h2-7,18H,8-9H2,1H3. The zero-order valence-electron chi connectivity index (χ0n) is 10.5. The molecule has 0 atom stereocenters.